The molecular weight excluding hydrogens is 745 g/mol. The number of ether oxygens (including phenoxy) is 3. The topological polar surface area (TPSA) is 78.9 Å². The van der Waals surface area contributed by atoms with Gasteiger partial charge < -0.3 is 14.2 Å². The summed E-state index contributed by atoms with van der Waals surface area (Å²) in [6.45, 7) is 6.51. The van der Waals surface area contributed by atoms with Gasteiger partial charge in [0.25, 0.3) is 0 Å². The van der Waals surface area contributed by atoms with Crippen molar-refractivity contribution in [2.24, 2.45) is 0 Å². The number of hydrogen-bond donors (Lipinski definition) is 0. The predicted molar refractivity (Wildman–Crippen MR) is 256 cm³/mol. The van der Waals surface area contributed by atoms with Crippen LogP contribution in [0.15, 0.2) is 48.6 Å². The second-order valence-corrected chi connectivity index (χ2v) is 17.1. The first kappa shape index (κ1) is 57.4. The number of unbranched alkanes of at least 4 members (excludes halogenated alkanes) is 27. The second-order valence-electron chi connectivity index (χ2n) is 17.1. The van der Waals surface area contributed by atoms with E-state index in [4.69, 9.17) is 14.2 Å². The Morgan fingerprint density at radius 3 is 1.03 bits per heavy atom. The maximum absolute atomic E-state index is 12.8. The molecule has 0 saturated carbocycles. The van der Waals surface area contributed by atoms with Gasteiger partial charge in [-0.15, -0.1) is 0 Å². The van der Waals surface area contributed by atoms with Crippen molar-refractivity contribution in [2.45, 2.75) is 264 Å². The Balaban J connectivity index is 4.39. The van der Waals surface area contributed by atoms with Gasteiger partial charge in [-0.2, -0.15) is 0 Å². The van der Waals surface area contributed by atoms with Crippen molar-refractivity contribution in [3.63, 3.8) is 0 Å². The van der Waals surface area contributed by atoms with E-state index in [1.807, 2.05) is 0 Å². The molecule has 0 amide bonds. The number of hydrogen-bond acceptors (Lipinski definition) is 6. The fourth-order valence-corrected chi connectivity index (χ4v) is 7.22. The van der Waals surface area contributed by atoms with Crippen LogP contribution in [0.5, 0.6) is 0 Å². The Morgan fingerprint density at radius 1 is 0.350 bits per heavy atom. The van der Waals surface area contributed by atoms with Crippen LogP contribution in [0.3, 0.4) is 0 Å². The van der Waals surface area contributed by atoms with Crippen LogP contribution in [-0.4, -0.2) is 37.2 Å². The molecule has 0 bridgehead atoms. The van der Waals surface area contributed by atoms with Crippen molar-refractivity contribution < 1.29 is 28.6 Å². The van der Waals surface area contributed by atoms with Crippen molar-refractivity contribution in [1.82, 2.24) is 0 Å². The van der Waals surface area contributed by atoms with Gasteiger partial charge in [-0.3, -0.25) is 14.4 Å². The Kier molecular flexibility index (Phi) is 46.9. The fourth-order valence-electron chi connectivity index (χ4n) is 7.22. The molecule has 0 aliphatic rings. The first-order valence-corrected chi connectivity index (χ1v) is 25.6. The molecule has 0 unspecified atom stereocenters. The van der Waals surface area contributed by atoms with E-state index in [1.54, 1.807) is 0 Å². The molecule has 0 aromatic rings. The van der Waals surface area contributed by atoms with E-state index in [0.717, 1.165) is 103 Å². The maximum Gasteiger partial charge on any atom is 0.306 e. The molecule has 60 heavy (non-hydrogen) atoms. The molecule has 0 aromatic heterocycles. The van der Waals surface area contributed by atoms with E-state index in [-0.39, 0.29) is 31.1 Å². The molecule has 0 fully saturated rings. The molecule has 0 aliphatic carbocycles. The number of allylic oxidation sites excluding steroid dienone is 8. The molecule has 0 radical (unpaired) electrons. The summed E-state index contributed by atoms with van der Waals surface area (Å²) in [6.07, 6.45) is 58.0. The number of rotatable bonds is 46. The molecule has 0 saturated heterocycles. The minimum Gasteiger partial charge on any atom is -0.462 e. The molecule has 1 atom stereocenters. The molecule has 348 valence electrons. The summed E-state index contributed by atoms with van der Waals surface area (Å²) in [7, 11) is 0. The van der Waals surface area contributed by atoms with Gasteiger partial charge in [0.2, 0.25) is 0 Å². The van der Waals surface area contributed by atoms with Crippen LogP contribution in [0.2, 0.25) is 0 Å². The summed E-state index contributed by atoms with van der Waals surface area (Å²) >= 11 is 0. The lowest BCUT2D eigenvalue weighted by Gasteiger charge is -2.18. The van der Waals surface area contributed by atoms with Gasteiger partial charge in [0, 0.05) is 19.3 Å². The third-order valence-corrected chi connectivity index (χ3v) is 11.1. The summed E-state index contributed by atoms with van der Waals surface area (Å²) in [5, 5.41) is 0. The largest absolute Gasteiger partial charge is 0.462 e. The zero-order valence-electron chi connectivity index (χ0n) is 39.7. The minimum atomic E-state index is -0.779. The highest BCUT2D eigenvalue weighted by Gasteiger charge is 2.19. The van der Waals surface area contributed by atoms with Crippen molar-refractivity contribution in [3.05, 3.63) is 48.6 Å². The predicted octanol–water partition coefficient (Wildman–Crippen LogP) is 16.7. The molecule has 6 heteroatoms. The SMILES string of the molecule is CC/C=C\C/C=C\C/C=C\CCCCCCCC(=O)OC[C@H](COC(=O)CCCCCCC/C=C\CCCCCCCC)OC(=O)CCCCCCCCCCCCCC. The van der Waals surface area contributed by atoms with E-state index in [2.05, 4.69) is 69.4 Å². The van der Waals surface area contributed by atoms with Crippen LogP contribution < -0.4 is 0 Å². The van der Waals surface area contributed by atoms with Crippen LogP contribution in [0, 0.1) is 0 Å². The summed E-state index contributed by atoms with van der Waals surface area (Å²) in [5.41, 5.74) is 0. The zero-order chi connectivity index (χ0) is 43.7. The molecule has 0 spiro atoms. The number of carbonyl (C=O) groups excluding carboxylic acids is 3. The third kappa shape index (κ3) is 46.4. The highest BCUT2D eigenvalue weighted by Crippen LogP contribution is 2.15. The summed E-state index contributed by atoms with van der Waals surface area (Å²) in [6, 6.07) is 0. The average Bonchev–Trinajstić information content (AvgIpc) is 3.24. The van der Waals surface area contributed by atoms with Gasteiger partial charge in [-0.25, -0.2) is 0 Å². The summed E-state index contributed by atoms with van der Waals surface area (Å²) in [4.78, 5) is 37.9. The van der Waals surface area contributed by atoms with Crippen molar-refractivity contribution >= 4 is 17.9 Å². The van der Waals surface area contributed by atoms with Gasteiger partial charge in [-0.05, 0) is 77.0 Å². The number of carbonyl (C=O) groups is 3. The Bertz CT molecular complexity index is 1060. The standard InChI is InChI=1S/C54H96O6/c1-4-7-10-13-16-19-22-25-27-29-32-34-37-40-43-46-52(55)58-49-51(60-54(57)48-45-42-39-36-31-24-21-18-15-12-9-6-3)50-59-53(56)47-44-41-38-35-33-30-28-26-23-20-17-14-11-8-5-2/h7,10,16,19,25-28,51H,4-6,8-9,11-15,17-18,20-24,29-50H2,1-3H3/b10-7-,19-16-,27-25-,28-26-/t51-/m1/s1. The quantitative estimate of drug-likeness (QED) is 0.0263. The van der Waals surface area contributed by atoms with E-state index in [0.29, 0.717) is 19.3 Å². The third-order valence-electron chi connectivity index (χ3n) is 11.1. The Morgan fingerprint density at radius 2 is 0.650 bits per heavy atom. The van der Waals surface area contributed by atoms with Gasteiger partial charge in [0.1, 0.15) is 13.2 Å². The first-order chi connectivity index (χ1) is 29.5. The van der Waals surface area contributed by atoms with Crippen LogP contribution in [0.25, 0.3) is 0 Å². The molecule has 0 aromatic carbocycles. The lowest BCUT2D eigenvalue weighted by atomic mass is 10.0. The van der Waals surface area contributed by atoms with Crippen LogP contribution in [-0.2, 0) is 28.6 Å². The number of esters is 3. The summed E-state index contributed by atoms with van der Waals surface area (Å²) < 4.78 is 16.8. The van der Waals surface area contributed by atoms with Crippen LogP contribution >= 0.6 is 0 Å². The average molecular weight is 841 g/mol. The van der Waals surface area contributed by atoms with E-state index in [1.165, 1.54) is 116 Å². The van der Waals surface area contributed by atoms with Crippen molar-refractivity contribution in [1.29, 1.82) is 0 Å². The monoisotopic (exact) mass is 841 g/mol. The highest BCUT2D eigenvalue weighted by atomic mass is 16.6. The molecule has 0 rings (SSSR count). The van der Waals surface area contributed by atoms with Gasteiger partial charge >= 0.3 is 17.9 Å². The molecule has 0 N–H and O–H groups in total. The van der Waals surface area contributed by atoms with E-state index in [9.17, 15) is 14.4 Å². The second kappa shape index (κ2) is 49.0. The van der Waals surface area contributed by atoms with Gasteiger partial charge in [0.15, 0.2) is 6.10 Å². The highest BCUT2D eigenvalue weighted by molar-refractivity contribution is 5.71. The van der Waals surface area contributed by atoms with Crippen molar-refractivity contribution in [2.75, 3.05) is 13.2 Å². The molecule has 0 heterocycles. The first-order valence-electron chi connectivity index (χ1n) is 25.6. The van der Waals surface area contributed by atoms with E-state index < -0.39 is 6.10 Å². The molecule has 6 nitrogen and oxygen atoms in total. The van der Waals surface area contributed by atoms with Gasteiger partial charge in [-0.1, -0.05) is 211 Å². The fraction of sp³-hybridized carbons (Fsp3) is 0.796. The smallest absolute Gasteiger partial charge is 0.306 e. The lowest BCUT2D eigenvalue weighted by Crippen LogP contribution is -2.30. The van der Waals surface area contributed by atoms with Crippen molar-refractivity contribution in [3.8, 4) is 0 Å². The Labute approximate surface area is 371 Å². The maximum atomic E-state index is 12.8. The Hall–Kier alpha value is -2.63. The van der Waals surface area contributed by atoms with Crippen LogP contribution in [0.1, 0.15) is 258 Å². The van der Waals surface area contributed by atoms with E-state index >= 15 is 0 Å². The summed E-state index contributed by atoms with van der Waals surface area (Å²) in [5.74, 6) is -0.899. The normalized spacial score (nSPS) is 12.4. The van der Waals surface area contributed by atoms with Gasteiger partial charge in [0.05, 0.1) is 0 Å². The van der Waals surface area contributed by atoms with Crippen LogP contribution in [0.4, 0.5) is 0 Å². The minimum absolute atomic E-state index is 0.0809. The lowest BCUT2D eigenvalue weighted by molar-refractivity contribution is -0.167. The molecular formula is C54H96O6. The molecule has 0 aliphatic heterocycles. The zero-order valence-corrected chi connectivity index (χ0v) is 39.7.